The molecule has 0 saturated heterocycles. The zero-order chi connectivity index (χ0) is 14.8. The fraction of sp³-hybridized carbons (Fsp3) is 0.125. The van der Waals surface area contributed by atoms with Crippen molar-refractivity contribution in [3.05, 3.63) is 60.2 Å². The maximum absolute atomic E-state index is 12.8. The van der Waals surface area contributed by atoms with E-state index in [-0.39, 0.29) is 18.1 Å². The van der Waals surface area contributed by atoms with Gasteiger partial charge in [-0.1, -0.05) is 12.1 Å². The predicted octanol–water partition coefficient (Wildman–Crippen LogP) is 2.89. The van der Waals surface area contributed by atoms with Crippen molar-refractivity contribution >= 4 is 22.6 Å². The van der Waals surface area contributed by atoms with Gasteiger partial charge in [0, 0.05) is 12.7 Å². The Morgan fingerprint density at radius 3 is 2.76 bits per heavy atom. The minimum atomic E-state index is -0.306. The number of imidazole rings is 1. The number of amides is 1. The van der Waals surface area contributed by atoms with E-state index >= 15 is 0 Å². The van der Waals surface area contributed by atoms with Crippen LogP contribution in [0.2, 0.25) is 0 Å². The largest absolute Gasteiger partial charge is 0.334 e. The average Bonchev–Trinajstić information content (AvgIpc) is 2.82. The van der Waals surface area contributed by atoms with Crippen molar-refractivity contribution < 1.29 is 9.18 Å². The molecule has 0 aliphatic heterocycles. The van der Waals surface area contributed by atoms with Crippen LogP contribution >= 0.6 is 0 Å². The van der Waals surface area contributed by atoms with Crippen molar-refractivity contribution in [2.75, 3.05) is 5.32 Å². The van der Waals surface area contributed by atoms with Crippen LogP contribution in [0.1, 0.15) is 5.56 Å². The van der Waals surface area contributed by atoms with Gasteiger partial charge in [0.2, 0.25) is 5.91 Å². The van der Waals surface area contributed by atoms with Gasteiger partial charge in [0.1, 0.15) is 5.82 Å². The number of hydrogen-bond donors (Lipinski definition) is 1. The number of aryl methyl sites for hydroxylation is 1. The Morgan fingerprint density at radius 1 is 1.24 bits per heavy atom. The molecule has 1 aromatic heterocycles. The van der Waals surface area contributed by atoms with Gasteiger partial charge in [-0.25, -0.2) is 9.37 Å². The summed E-state index contributed by atoms with van der Waals surface area (Å²) in [6.07, 6.45) is 1.94. The maximum Gasteiger partial charge on any atom is 0.228 e. The number of halogens is 1. The van der Waals surface area contributed by atoms with Crippen LogP contribution in [-0.2, 0) is 18.3 Å². The molecule has 1 heterocycles. The van der Waals surface area contributed by atoms with Crippen LogP contribution in [0, 0.1) is 5.82 Å². The summed E-state index contributed by atoms with van der Waals surface area (Å²) in [4.78, 5) is 16.2. The third-order valence-electron chi connectivity index (χ3n) is 3.29. The molecule has 4 nitrogen and oxygen atoms in total. The first-order valence-corrected chi connectivity index (χ1v) is 6.57. The molecule has 0 bridgehead atoms. The van der Waals surface area contributed by atoms with Crippen molar-refractivity contribution in [1.82, 2.24) is 9.55 Å². The van der Waals surface area contributed by atoms with Gasteiger partial charge < -0.3 is 9.88 Å². The average molecular weight is 283 g/mol. The van der Waals surface area contributed by atoms with Gasteiger partial charge in [-0.2, -0.15) is 0 Å². The monoisotopic (exact) mass is 283 g/mol. The van der Waals surface area contributed by atoms with Crippen molar-refractivity contribution in [2.24, 2.45) is 7.05 Å². The zero-order valence-electron chi connectivity index (χ0n) is 11.5. The van der Waals surface area contributed by atoms with E-state index in [0.717, 1.165) is 16.6 Å². The normalized spacial score (nSPS) is 10.8. The van der Waals surface area contributed by atoms with Gasteiger partial charge in [0.15, 0.2) is 0 Å². The summed E-state index contributed by atoms with van der Waals surface area (Å²) in [7, 11) is 1.92. The van der Waals surface area contributed by atoms with Crippen LogP contribution in [0.25, 0.3) is 11.0 Å². The number of nitrogens with one attached hydrogen (secondary N) is 1. The molecule has 5 heteroatoms. The Bertz CT molecular complexity index is 793. The fourth-order valence-corrected chi connectivity index (χ4v) is 2.21. The van der Waals surface area contributed by atoms with Crippen LogP contribution in [0.4, 0.5) is 10.1 Å². The van der Waals surface area contributed by atoms with E-state index in [1.165, 1.54) is 12.1 Å². The highest BCUT2D eigenvalue weighted by Gasteiger charge is 2.06. The number of benzene rings is 2. The summed E-state index contributed by atoms with van der Waals surface area (Å²) in [6.45, 7) is 0. The molecule has 0 aliphatic rings. The standard InChI is InChI=1S/C16H14FN3O/c1-20-10-18-14-9-13(6-7-15(14)20)19-16(21)8-11-2-4-12(17)5-3-11/h2-7,9-10H,8H2,1H3,(H,19,21). The summed E-state index contributed by atoms with van der Waals surface area (Å²) in [5, 5.41) is 2.82. The molecule has 106 valence electrons. The molecule has 0 spiro atoms. The van der Waals surface area contributed by atoms with Crippen LogP contribution in [0.5, 0.6) is 0 Å². The molecule has 0 aliphatic carbocycles. The molecule has 21 heavy (non-hydrogen) atoms. The van der Waals surface area contributed by atoms with Crippen molar-refractivity contribution in [3.8, 4) is 0 Å². The van der Waals surface area contributed by atoms with E-state index in [0.29, 0.717) is 5.69 Å². The lowest BCUT2D eigenvalue weighted by Gasteiger charge is -2.06. The number of rotatable bonds is 3. The first-order valence-electron chi connectivity index (χ1n) is 6.57. The van der Waals surface area contributed by atoms with Crippen molar-refractivity contribution in [1.29, 1.82) is 0 Å². The van der Waals surface area contributed by atoms with Crippen molar-refractivity contribution in [2.45, 2.75) is 6.42 Å². The molecular formula is C16H14FN3O. The molecule has 0 saturated carbocycles. The SMILES string of the molecule is Cn1cnc2cc(NC(=O)Cc3ccc(F)cc3)ccc21. The number of nitrogens with zero attached hydrogens (tertiary/aromatic N) is 2. The second-order valence-corrected chi connectivity index (χ2v) is 4.91. The van der Waals surface area contributed by atoms with Crippen LogP contribution < -0.4 is 5.32 Å². The highest BCUT2D eigenvalue weighted by Crippen LogP contribution is 2.17. The maximum atomic E-state index is 12.8. The van der Waals surface area contributed by atoms with E-state index in [1.807, 2.05) is 29.8 Å². The molecule has 0 unspecified atom stereocenters. The lowest BCUT2D eigenvalue weighted by Crippen LogP contribution is -2.14. The Labute approximate surface area is 121 Å². The molecule has 0 fully saturated rings. The van der Waals surface area contributed by atoms with Gasteiger partial charge in [0.25, 0.3) is 0 Å². The summed E-state index contributed by atoms with van der Waals surface area (Å²) in [5.74, 6) is -0.448. The predicted molar refractivity (Wildman–Crippen MR) is 79.4 cm³/mol. The summed E-state index contributed by atoms with van der Waals surface area (Å²) >= 11 is 0. The second kappa shape index (κ2) is 5.36. The second-order valence-electron chi connectivity index (χ2n) is 4.91. The quantitative estimate of drug-likeness (QED) is 0.803. The molecule has 3 rings (SSSR count). The van der Waals surface area contributed by atoms with Crippen LogP contribution in [-0.4, -0.2) is 15.5 Å². The Kier molecular flexibility index (Phi) is 3.39. The molecule has 1 amide bonds. The number of anilines is 1. The summed E-state index contributed by atoms with van der Waals surface area (Å²) < 4.78 is 14.7. The van der Waals surface area contributed by atoms with Gasteiger partial charge in [-0.05, 0) is 35.9 Å². The minimum absolute atomic E-state index is 0.142. The van der Waals surface area contributed by atoms with Crippen LogP contribution in [0.15, 0.2) is 48.8 Å². The van der Waals surface area contributed by atoms with Gasteiger partial charge >= 0.3 is 0 Å². The van der Waals surface area contributed by atoms with Gasteiger partial charge in [0.05, 0.1) is 23.8 Å². The van der Waals surface area contributed by atoms with E-state index in [1.54, 1.807) is 18.5 Å². The number of aromatic nitrogens is 2. The lowest BCUT2D eigenvalue weighted by molar-refractivity contribution is -0.115. The topological polar surface area (TPSA) is 46.9 Å². The Morgan fingerprint density at radius 2 is 2.00 bits per heavy atom. The first-order chi connectivity index (χ1) is 10.1. The summed E-state index contributed by atoms with van der Waals surface area (Å²) in [5.41, 5.74) is 3.31. The molecular weight excluding hydrogens is 269 g/mol. The number of fused-ring (bicyclic) bond motifs is 1. The molecule has 2 aromatic carbocycles. The highest BCUT2D eigenvalue weighted by atomic mass is 19.1. The number of carbonyl (C=O) groups is 1. The lowest BCUT2D eigenvalue weighted by atomic mass is 10.1. The number of carbonyl (C=O) groups excluding carboxylic acids is 1. The van der Waals surface area contributed by atoms with Gasteiger partial charge in [-0.3, -0.25) is 4.79 Å². The van der Waals surface area contributed by atoms with E-state index in [9.17, 15) is 9.18 Å². The van der Waals surface area contributed by atoms with Crippen LogP contribution in [0.3, 0.4) is 0 Å². The van der Waals surface area contributed by atoms with E-state index in [4.69, 9.17) is 0 Å². The first kappa shape index (κ1) is 13.3. The molecule has 0 atom stereocenters. The number of hydrogen-bond acceptors (Lipinski definition) is 2. The highest BCUT2D eigenvalue weighted by molar-refractivity contribution is 5.94. The Balaban J connectivity index is 1.72. The third kappa shape index (κ3) is 2.91. The molecule has 1 N–H and O–H groups in total. The minimum Gasteiger partial charge on any atom is -0.334 e. The molecule has 3 aromatic rings. The van der Waals surface area contributed by atoms with Gasteiger partial charge in [-0.15, -0.1) is 0 Å². The summed E-state index contributed by atoms with van der Waals surface area (Å²) in [6, 6.07) is 11.5. The zero-order valence-corrected chi connectivity index (χ0v) is 11.5. The van der Waals surface area contributed by atoms with Crippen molar-refractivity contribution in [3.63, 3.8) is 0 Å². The third-order valence-corrected chi connectivity index (χ3v) is 3.29. The smallest absolute Gasteiger partial charge is 0.228 e. The Hall–Kier alpha value is -2.69. The molecule has 0 radical (unpaired) electrons. The van der Waals surface area contributed by atoms with E-state index < -0.39 is 0 Å². The fourth-order valence-electron chi connectivity index (χ4n) is 2.21. The van der Waals surface area contributed by atoms with E-state index in [2.05, 4.69) is 10.3 Å².